The first kappa shape index (κ1) is 17.1. The van der Waals surface area contributed by atoms with Crippen LogP contribution in [0.1, 0.15) is 5.56 Å². The maximum atomic E-state index is 13.4. The van der Waals surface area contributed by atoms with E-state index in [0.29, 0.717) is 6.54 Å². The number of piperazine rings is 1. The molecule has 2 N–H and O–H groups in total. The number of benzene rings is 2. The number of guanidine groups is 1. The molecule has 2 aromatic rings. The fourth-order valence-electron chi connectivity index (χ4n) is 2.99. The second-order valence-corrected chi connectivity index (χ2v) is 6.00. The van der Waals surface area contributed by atoms with Gasteiger partial charge in [0.2, 0.25) is 0 Å². The van der Waals surface area contributed by atoms with E-state index in [4.69, 9.17) is 0 Å². The van der Waals surface area contributed by atoms with Crippen molar-refractivity contribution in [3.63, 3.8) is 0 Å². The molecule has 2 aromatic carbocycles. The van der Waals surface area contributed by atoms with Crippen molar-refractivity contribution < 1.29 is 9.50 Å². The molecule has 25 heavy (non-hydrogen) atoms. The summed E-state index contributed by atoms with van der Waals surface area (Å²) < 4.78 is 13.4. The maximum Gasteiger partial charge on any atom is 0.194 e. The second-order valence-electron chi connectivity index (χ2n) is 6.00. The lowest BCUT2D eigenvalue weighted by molar-refractivity contribution is 0.372. The smallest absolute Gasteiger partial charge is 0.194 e. The Morgan fingerprint density at radius 1 is 1.12 bits per heavy atom. The minimum absolute atomic E-state index is 0.329. The van der Waals surface area contributed by atoms with Crippen molar-refractivity contribution in [2.75, 3.05) is 38.1 Å². The second kappa shape index (κ2) is 7.88. The van der Waals surface area contributed by atoms with Crippen LogP contribution < -0.4 is 10.2 Å². The number of phenols is 1. The number of rotatable bonds is 3. The Balaban J connectivity index is 1.55. The van der Waals surface area contributed by atoms with E-state index in [2.05, 4.69) is 44.4 Å². The van der Waals surface area contributed by atoms with E-state index in [1.165, 1.54) is 17.8 Å². The molecule has 1 aliphatic heterocycles. The Morgan fingerprint density at radius 2 is 1.84 bits per heavy atom. The van der Waals surface area contributed by atoms with E-state index in [0.717, 1.165) is 37.7 Å². The summed E-state index contributed by atoms with van der Waals surface area (Å²) in [6, 6.07) is 14.8. The third-order valence-electron chi connectivity index (χ3n) is 4.38. The van der Waals surface area contributed by atoms with E-state index in [1.54, 1.807) is 13.1 Å². The van der Waals surface area contributed by atoms with E-state index < -0.39 is 5.82 Å². The topological polar surface area (TPSA) is 51.1 Å². The first-order valence-corrected chi connectivity index (χ1v) is 8.40. The van der Waals surface area contributed by atoms with Crippen molar-refractivity contribution in [2.45, 2.75) is 6.54 Å². The Bertz CT molecular complexity index is 727. The molecule has 0 atom stereocenters. The van der Waals surface area contributed by atoms with Gasteiger partial charge in [0, 0.05) is 45.5 Å². The fourth-order valence-corrected chi connectivity index (χ4v) is 2.99. The van der Waals surface area contributed by atoms with Gasteiger partial charge in [-0.05, 0) is 29.8 Å². The van der Waals surface area contributed by atoms with Crippen molar-refractivity contribution in [1.82, 2.24) is 10.2 Å². The van der Waals surface area contributed by atoms with Gasteiger partial charge >= 0.3 is 0 Å². The average Bonchev–Trinajstić information content (AvgIpc) is 2.66. The molecular weight excluding hydrogens is 319 g/mol. The van der Waals surface area contributed by atoms with E-state index in [1.807, 2.05) is 6.07 Å². The number of nitrogens with one attached hydrogen (secondary N) is 1. The monoisotopic (exact) mass is 342 g/mol. The molecular formula is C19H23FN4O. The number of hydrogen-bond donors (Lipinski definition) is 2. The first-order valence-electron chi connectivity index (χ1n) is 8.40. The molecule has 132 valence electrons. The Hall–Kier alpha value is -2.76. The number of phenolic OH excluding ortho intramolecular Hbond substituents is 1. The van der Waals surface area contributed by atoms with Crippen LogP contribution in [-0.4, -0.2) is 49.2 Å². The summed E-state index contributed by atoms with van der Waals surface area (Å²) in [5.74, 6) is -0.128. The van der Waals surface area contributed by atoms with Gasteiger partial charge in [-0.25, -0.2) is 4.39 Å². The molecule has 0 radical (unpaired) electrons. The maximum absolute atomic E-state index is 13.4. The SMILES string of the molecule is CN=C(NCc1ccc(O)c(F)c1)N1CCN(c2ccccc2)CC1. The summed E-state index contributed by atoms with van der Waals surface area (Å²) in [6.45, 7) is 4.07. The minimum Gasteiger partial charge on any atom is -0.505 e. The molecule has 1 heterocycles. The molecule has 0 bridgehead atoms. The molecule has 0 unspecified atom stereocenters. The molecule has 3 rings (SSSR count). The number of hydrogen-bond acceptors (Lipinski definition) is 3. The number of aromatic hydroxyl groups is 1. The van der Waals surface area contributed by atoms with Crippen molar-refractivity contribution in [1.29, 1.82) is 0 Å². The minimum atomic E-state index is -0.606. The highest BCUT2D eigenvalue weighted by atomic mass is 19.1. The van der Waals surface area contributed by atoms with Gasteiger partial charge in [-0.3, -0.25) is 4.99 Å². The largest absolute Gasteiger partial charge is 0.505 e. The van der Waals surface area contributed by atoms with Crippen molar-refractivity contribution in [3.05, 3.63) is 59.9 Å². The lowest BCUT2D eigenvalue weighted by Crippen LogP contribution is -2.52. The quantitative estimate of drug-likeness (QED) is 0.664. The van der Waals surface area contributed by atoms with Gasteiger partial charge in [-0.2, -0.15) is 0 Å². The lowest BCUT2D eigenvalue weighted by Gasteiger charge is -2.37. The summed E-state index contributed by atoms with van der Waals surface area (Å²) >= 11 is 0. The molecule has 0 amide bonds. The Labute approximate surface area is 147 Å². The number of aliphatic imine (C=N–C) groups is 1. The predicted molar refractivity (Wildman–Crippen MR) is 98.5 cm³/mol. The van der Waals surface area contributed by atoms with Crippen molar-refractivity contribution in [3.8, 4) is 5.75 Å². The van der Waals surface area contributed by atoms with Crippen LogP contribution in [-0.2, 0) is 6.54 Å². The molecule has 0 saturated carbocycles. The van der Waals surface area contributed by atoms with E-state index in [9.17, 15) is 9.50 Å². The van der Waals surface area contributed by atoms with Crippen LogP contribution in [0.3, 0.4) is 0 Å². The molecule has 0 aromatic heterocycles. The molecule has 5 nitrogen and oxygen atoms in total. The van der Waals surface area contributed by atoms with E-state index >= 15 is 0 Å². The normalized spacial score (nSPS) is 15.4. The number of para-hydroxylation sites is 1. The predicted octanol–water partition coefficient (Wildman–Crippen LogP) is 2.43. The molecule has 1 aliphatic rings. The summed E-state index contributed by atoms with van der Waals surface area (Å²) in [6.07, 6.45) is 0. The van der Waals surface area contributed by atoms with Crippen molar-refractivity contribution in [2.24, 2.45) is 4.99 Å². The van der Waals surface area contributed by atoms with Crippen LogP contribution in [0.15, 0.2) is 53.5 Å². The third kappa shape index (κ3) is 4.21. The highest BCUT2D eigenvalue weighted by molar-refractivity contribution is 5.80. The lowest BCUT2D eigenvalue weighted by atomic mass is 10.2. The van der Waals surface area contributed by atoms with Gasteiger partial charge in [0.25, 0.3) is 0 Å². The third-order valence-corrected chi connectivity index (χ3v) is 4.38. The molecule has 0 aliphatic carbocycles. The Kier molecular flexibility index (Phi) is 5.38. The molecule has 1 saturated heterocycles. The van der Waals surface area contributed by atoms with Gasteiger partial charge in [0.15, 0.2) is 17.5 Å². The molecule has 6 heteroatoms. The van der Waals surface area contributed by atoms with Crippen LogP contribution in [0.2, 0.25) is 0 Å². The number of anilines is 1. The zero-order chi connectivity index (χ0) is 17.6. The van der Waals surface area contributed by atoms with E-state index in [-0.39, 0.29) is 5.75 Å². The van der Waals surface area contributed by atoms with Crippen LogP contribution in [0.5, 0.6) is 5.75 Å². The standard InChI is InChI=1S/C19H23FN4O/c1-21-19(22-14-15-7-8-18(25)17(20)13-15)24-11-9-23(10-12-24)16-5-3-2-4-6-16/h2-8,13,25H,9-12,14H2,1H3,(H,21,22). The summed E-state index contributed by atoms with van der Waals surface area (Å²) in [7, 11) is 1.75. The van der Waals surface area contributed by atoms with Gasteiger partial charge in [0.1, 0.15) is 0 Å². The van der Waals surface area contributed by atoms with Gasteiger partial charge < -0.3 is 20.2 Å². The van der Waals surface area contributed by atoms with Crippen molar-refractivity contribution >= 4 is 11.6 Å². The van der Waals surface area contributed by atoms with Crippen LogP contribution in [0.4, 0.5) is 10.1 Å². The Morgan fingerprint density at radius 3 is 2.48 bits per heavy atom. The highest BCUT2D eigenvalue weighted by Crippen LogP contribution is 2.17. The number of halogens is 1. The summed E-state index contributed by atoms with van der Waals surface area (Å²) in [5.41, 5.74) is 2.00. The molecule has 1 fully saturated rings. The fraction of sp³-hybridized carbons (Fsp3) is 0.316. The van der Waals surface area contributed by atoms with Gasteiger partial charge in [0.05, 0.1) is 0 Å². The average molecular weight is 342 g/mol. The highest BCUT2D eigenvalue weighted by Gasteiger charge is 2.19. The van der Waals surface area contributed by atoms with Crippen LogP contribution in [0, 0.1) is 5.82 Å². The van der Waals surface area contributed by atoms with Crippen LogP contribution in [0.25, 0.3) is 0 Å². The summed E-state index contributed by atoms with van der Waals surface area (Å²) in [5, 5.41) is 12.5. The molecule has 0 spiro atoms. The zero-order valence-corrected chi connectivity index (χ0v) is 14.3. The van der Waals surface area contributed by atoms with Crippen LogP contribution >= 0.6 is 0 Å². The first-order chi connectivity index (χ1) is 12.2. The zero-order valence-electron chi connectivity index (χ0n) is 14.3. The number of nitrogens with zero attached hydrogens (tertiary/aromatic N) is 3. The van der Waals surface area contributed by atoms with Gasteiger partial charge in [-0.1, -0.05) is 24.3 Å². The summed E-state index contributed by atoms with van der Waals surface area (Å²) in [4.78, 5) is 8.90. The van der Waals surface area contributed by atoms with Gasteiger partial charge in [-0.15, -0.1) is 0 Å².